The number of para-hydroxylation sites is 2. The first-order valence-electron chi connectivity index (χ1n) is 12.3. The summed E-state index contributed by atoms with van der Waals surface area (Å²) >= 11 is 0. The maximum Gasteiger partial charge on any atom is 0.495 e. The molecule has 2 heterocycles. The van der Waals surface area contributed by atoms with E-state index in [4.69, 9.17) is 10.1 Å². The van der Waals surface area contributed by atoms with Crippen molar-refractivity contribution < 1.29 is 74.7 Å². The normalized spacial score (nSPS) is 11.3. The molecule has 4 rings (SSSR count). The van der Waals surface area contributed by atoms with Crippen molar-refractivity contribution >= 4 is 48.6 Å². The molecule has 18 nitrogen and oxygen atoms in total. The fourth-order valence-electron chi connectivity index (χ4n) is 3.48. The predicted molar refractivity (Wildman–Crippen MR) is 161 cm³/mol. The van der Waals surface area contributed by atoms with Gasteiger partial charge < -0.3 is 9.12 Å². The van der Waals surface area contributed by atoms with Gasteiger partial charge >= 0.3 is 28.6 Å². The van der Waals surface area contributed by atoms with Gasteiger partial charge in [-0.1, -0.05) is 19.6 Å². The average molecular weight is 775 g/mol. The summed E-state index contributed by atoms with van der Waals surface area (Å²) in [6.45, 7) is 0. The minimum atomic E-state index is -4.52. The molecular weight excluding hydrogens is 742 g/mol. The number of non-ortho nitro benzene ring substituents is 1. The lowest BCUT2D eigenvalue weighted by Crippen LogP contribution is -2.37. The number of rotatable bonds is 4. The molecule has 0 saturated heterocycles. The Morgan fingerprint density at radius 2 is 1.28 bits per heavy atom. The molecule has 50 heavy (non-hydrogen) atoms. The summed E-state index contributed by atoms with van der Waals surface area (Å²) in [7, 11) is -0.454. The molecule has 0 N–H and O–H groups in total. The molecule has 0 aliphatic heterocycles. The molecule has 0 unspecified atom stereocenters. The minimum absolute atomic E-state index is 0. The fourth-order valence-corrected chi connectivity index (χ4v) is 3.61. The molecule has 2 aromatic carbocycles. The van der Waals surface area contributed by atoms with Crippen LogP contribution in [0.4, 0.5) is 32.0 Å². The lowest BCUT2D eigenvalue weighted by Gasteiger charge is -2.05. The first kappa shape index (κ1) is 47.6. The number of aryl methyl sites for hydroxylation is 3. The Kier molecular flexibility index (Phi) is 18.1. The quantitative estimate of drug-likeness (QED) is 0.0720. The summed E-state index contributed by atoms with van der Waals surface area (Å²) in [6.07, 6.45) is -8.91. The monoisotopic (exact) mass is 774 g/mol. The lowest BCUT2D eigenvalue weighted by atomic mass is 10.3. The van der Waals surface area contributed by atoms with E-state index in [1.54, 1.807) is 24.3 Å². The predicted octanol–water partition coefficient (Wildman–Crippen LogP) is 3.67. The highest BCUT2D eigenvalue weighted by Crippen LogP contribution is 2.31. The Labute approximate surface area is 281 Å². The molecule has 0 atom stereocenters. The van der Waals surface area contributed by atoms with Gasteiger partial charge in [0.2, 0.25) is 16.2 Å². The van der Waals surface area contributed by atoms with Crippen molar-refractivity contribution in [3.05, 3.63) is 74.3 Å². The first-order valence-corrected chi connectivity index (χ1v) is 15.0. The number of nitro benzene ring substituents is 1. The van der Waals surface area contributed by atoms with Gasteiger partial charge in [0, 0.05) is 18.0 Å². The Hall–Kier alpha value is -4.50. The minimum Gasteiger partial charge on any atom is -0.726 e. The summed E-state index contributed by atoms with van der Waals surface area (Å²) < 4.78 is 137. The lowest BCUT2D eigenvalue weighted by molar-refractivity contribution is -0.667. The third kappa shape index (κ3) is 14.9. The van der Waals surface area contributed by atoms with Gasteiger partial charge in [0.25, 0.3) is 5.69 Å². The van der Waals surface area contributed by atoms with Gasteiger partial charge in [-0.3, -0.25) is 32.8 Å². The summed E-state index contributed by atoms with van der Waals surface area (Å²) in [5, 5.41) is 19.4. The van der Waals surface area contributed by atoms with Gasteiger partial charge in [-0.2, -0.15) is 34.8 Å². The third-order valence-electron chi connectivity index (χ3n) is 5.43. The zero-order chi connectivity index (χ0) is 38.7. The molecule has 2 aromatic heterocycles. The molecule has 0 amide bonds. The standard InChI is InChI=1S/C10H9F3N3O2.C9H7F3N2.C2H6O4S.CH3NO2.CH4O4S.CH4/c1-14-7-4-3-6(16(17)18)5-8(7)15(2)9(14)10(11,12)13;1-14-7-5-3-2-4-6(7)13-8(14)9(10,11)12;1-5-7(3,4)6-2;1-2(3)4;1-5-6(2,3)4;/h3-5H,1-2H3;2-5H,1H3;1-2H3;1H3;1H3,(H,2,3,4);1H4/q+1;;;;;/p-1. The van der Waals surface area contributed by atoms with Crippen LogP contribution in [-0.2, 0) is 66.8 Å². The molecule has 0 radical (unpaired) electrons. The van der Waals surface area contributed by atoms with Gasteiger partial charge in [0.15, 0.2) is 18.1 Å². The van der Waals surface area contributed by atoms with E-state index in [2.05, 4.69) is 17.5 Å². The van der Waals surface area contributed by atoms with E-state index < -0.39 is 54.6 Å². The van der Waals surface area contributed by atoms with Crippen molar-refractivity contribution in [3.63, 3.8) is 0 Å². The van der Waals surface area contributed by atoms with Crippen molar-refractivity contribution in [2.45, 2.75) is 19.8 Å². The van der Waals surface area contributed by atoms with E-state index in [1.807, 2.05) is 0 Å². The van der Waals surface area contributed by atoms with Crippen molar-refractivity contribution in [2.75, 3.05) is 28.4 Å². The number of alkyl halides is 6. The highest BCUT2D eigenvalue weighted by Gasteiger charge is 2.45. The van der Waals surface area contributed by atoms with E-state index in [0.29, 0.717) is 11.0 Å². The van der Waals surface area contributed by atoms with Gasteiger partial charge in [0.1, 0.15) is 0 Å². The molecule has 0 aliphatic carbocycles. The summed E-state index contributed by atoms with van der Waals surface area (Å²) in [4.78, 5) is 21.8. The second-order valence-electron chi connectivity index (χ2n) is 8.61. The number of hydrogen-bond donors (Lipinski definition) is 0. The number of fused-ring (bicyclic) bond motifs is 2. The highest BCUT2D eigenvalue weighted by atomic mass is 32.3. The van der Waals surface area contributed by atoms with Crippen molar-refractivity contribution in [1.82, 2.24) is 14.1 Å². The zero-order valence-corrected chi connectivity index (χ0v) is 27.8. The molecule has 4 aromatic rings. The van der Waals surface area contributed by atoms with E-state index in [9.17, 15) is 57.8 Å². The molecule has 0 aliphatic rings. The Bertz CT molecular complexity index is 1950. The molecule has 284 valence electrons. The number of halogens is 6. The first-order chi connectivity index (χ1) is 22.1. The number of nitrogens with zero attached hydrogens (tertiary/aromatic N) is 6. The summed E-state index contributed by atoms with van der Waals surface area (Å²) in [5.41, 5.74) is 1.06. The van der Waals surface area contributed by atoms with E-state index in [1.165, 1.54) is 33.3 Å². The van der Waals surface area contributed by atoms with Crippen LogP contribution in [0.3, 0.4) is 0 Å². The van der Waals surface area contributed by atoms with Crippen LogP contribution in [0.5, 0.6) is 0 Å². The van der Waals surface area contributed by atoms with Crippen molar-refractivity contribution in [1.29, 1.82) is 0 Å². The molecule has 0 spiro atoms. The van der Waals surface area contributed by atoms with Crippen LogP contribution in [0.1, 0.15) is 19.1 Å². The topological polar surface area (TPSA) is 232 Å². The second-order valence-corrected chi connectivity index (χ2v) is 11.2. The largest absolute Gasteiger partial charge is 0.726 e. The van der Waals surface area contributed by atoms with Crippen LogP contribution in [0.2, 0.25) is 0 Å². The Morgan fingerprint density at radius 3 is 1.62 bits per heavy atom. The van der Waals surface area contributed by atoms with Gasteiger partial charge in [0.05, 0.1) is 57.4 Å². The van der Waals surface area contributed by atoms with Crippen LogP contribution in [0.15, 0.2) is 42.5 Å². The third-order valence-corrected chi connectivity index (χ3v) is 6.66. The number of nitro groups is 2. The zero-order valence-electron chi connectivity index (χ0n) is 26.2. The van der Waals surface area contributed by atoms with Crippen LogP contribution in [0, 0.1) is 20.2 Å². The fraction of sp³-hybridized carbons (Fsp3) is 0.417. The highest BCUT2D eigenvalue weighted by molar-refractivity contribution is 7.81. The van der Waals surface area contributed by atoms with Gasteiger partial charge in [-0.05, 0) is 18.2 Å². The van der Waals surface area contributed by atoms with Crippen LogP contribution < -0.4 is 4.57 Å². The number of benzene rings is 2. The van der Waals surface area contributed by atoms with Crippen LogP contribution >= 0.6 is 0 Å². The van der Waals surface area contributed by atoms with Gasteiger partial charge in [-0.15, -0.1) is 0 Å². The molecule has 0 saturated carbocycles. The van der Waals surface area contributed by atoms with E-state index in [0.717, 1.165) is 48.1 Å². The SMILES string of the molecule is C.COS(=O)(=O)OC.COS(=O)(=O)[O-].C[N+](=O)[O-].Cn1c(C(F)(F)F)[n+](C)c2ccc([N+](=O)[O-])cc21.Cn1c(C(F)(F)F)nc2ccccc21. The molecule has 0 fully saturated rings. The Balaban J connectivity index is 0. The van der Waals surface area contributed by atoms with E-state index in [-0.39, 0.29) is 24.1 Å². The summed E-state index contributed by atoms with van der Waals surface area (Å²) in [6, 6.07) is 10.1. The molecule has 0 bridgehead atoms. The summed E-state index contributed by atoms with van der Waals surface area (Å²) in [5.74, 6) is -1.73. The second kappa shape index (κ2) is 19.0. The molecular formula is C24H32F6N6O12S2. The van der Waals surface area contributed by atoms with Crippen molar-refractivity contribution in [2.24, 2.45) is 21.1 Å². The average Bonchev–Trinajstić information content (AvgIpc) is 3.46. The molecule has 26 heteroatoms. The number of imidazole rings is 2. The maximum absolute atomic E-state index is 12.8. The number of hydrogen-bond acceptors (Lipinski definition) is 13. The maximum atomic E-state index is 12.8. The van der Waals surface area contributed by atoms with Crippen LogP contribution in [-0.4, -0.2) is 73.7 Å². The van der Waals surface area contributed by atoms with Crippen molar-refractivity contribution in [3.8, 4) is 0 Å². The Morgan fingerprint density at radius 1 is 0.820 bits per heavy atom. The van der Waals surface area contributed by atoms with Crippen LogP contribution in [0.25, 0.3) is 22.1 Å². The van der Waals surface area contributed by atoms with E-state index >= 15 is 0 Å². The smallest absolute Gasteiger partial charge is 0.495 e. The van der Waals surface area contributed by atoms with Gasteiger partial charge in [-0.25, -0.2) is 22.5 Å². The number of aromatic nitrogens is 4.